The SMILES string of the molecule is CCCCCCCC/C=C/C/C=C/CCC(=O)OCC(COC(=O)CCCCCCCCCCCCCCCCCCCCC)OC(=O)CCCCCCCCCCCCCCCCCCC. The van der Waals surface area contributed by atoms with Crippen molar-refractivity contribution in [1.29, 1.82) is 0 Å². The summed E-state index contributed by atoms with van der Waals surface area (Å²) in [5.74, 6) is -0.930. The van der Waals surface area contributed by atoms with Crippen LogP contribution in [-0.4, -0.2) is 37.2 Å². The lowest BCUT2D eigenvalue weighted by atomic mass is 10.0. The number of ether oxygens (including phenoxy) is 3. The van der Waals surface area contributed by atoms with Gasteiger partial charge in [-0.25, -0.2) is 0 Å². The maximum Gasteiger partial charge on any atom is 0.306 e. The molecule has 0 radical (unpaired) electrons. The van der Waals surface area contributed by atoms with Crippen LogP contribution >= 0.6 is 0 Å². The number of unbranched alkanes of at least 4 members (excludes halogenated alkanes) is 40. The lowest BCUT2D eigenvalue weighted by Gasteiger charge is -2.18. The maximum atomic E-state index is 12.9. The van der Waals surface area contributed by atoms with E-state index in [0.717, 1.165) is 51.4 Å². The molecule has 1 atom stereocenters. The lowest BCUT2D eigenvalue weighted by Crippen LogP contribution is -2.30. The van der Waals surface area contributed by atoms with Gasteiger partial charge in [-0.1, -0.05) is 295 Å². The topological polar surface area (TPSA) is 78.9 Å². The van der Waals surface area contributed by atoms with Crippen molar-refractivity contribution < 1.29 is 28.6 Å². The molecule has 0 saturated heterocycles. The molecule has 0 bridgehead atoms. The number of allylic oxidation sites excluding steroid dienone is 4. The number of hydrogen-bond acceptors (Lipinski definition) is 6. The average molecular weight is 944 g/mol. The Labute approximate surface area is 417 Å². The highest BCUT2D eigenvalue weighted by molar-refractivity contribution is 5.71. The summed E-state index contributed by atoms with van der Waals surface area (Å²) in [6.45, 7) is 6.64. The van der Waals surface area contributed by atoms with Gasteiger partial charge in [0.2, 0.25) is 0 Å². The number of esters is 3. The molecule has 0 aliphatic rings. The van der Waals surface area contributed by atoms with Gasteiger partial charge in [-0.3, -0.25) is 14.4 Å². The van der Waals surface area contributed by atoms with Crippen molar-refractivity contribution in [2.75, 3.05) is 13.2 Å². The Bertz CT molecular complexity index is 1080. The summed E-state index contributed by atoms with van der Waals surface area (Å²) in [4.78, 5) is 38.1. The summed E-state index contributed by atoms with van der Waals surface area (Å²) in [7, 11) is 0. The van der Waals surface area contributed by atoms with Crippen LogP contribution in [0.2, 0.25) is 0 Å². The molecule has 0 heterocycles. The van der Waals surface area contributed by atoms with E-state index in [-0.39, 0.29) is 37.5 Å². The van der Waals surface area contributed by atoms with Crippen LogP contribution in [0.3, 0.4) is 0 Å². The molecule has 0 saturated carbocycles. The van der Waals surface area contributed by atoms with E-state index in [1.807, 2.05) is 6.08 Å². The van der Waals surface area contributed by atoms with Crippen molar-refractivity contribution in [3.05, 3.63) is 24.3 Å². The minimum Gasteiger partial charge on any atom is -0.462 e. The molecule has 1 unspecified atom stereocenters. The number of carbonyl (C=O) groups is 3. The molecule has 67 heavy (non-hydrogen) atoms. The highest BCUT2D eigenvalue weighted by atomic mass is 16.6. The second-order valence-electron chi connectivity index (χ2n) is 20.3. The number of carbonyl (C=O) groups excluding carboxylic acids is 3. The number of rotatable bonds is 55. The minimum absolute atomic E-state index is 0.0823. The Morgan fingerprint density at radius 3 is 0.910 bits per heavy atom. The third-order valence-electron chi connectivity index (χ3n) is 13.5. The van der Waals surface area contributed by atoms with E-state index < -0.39 is 6.10 Å². The first kappa shape index (κ1) is 64.9. The van der Waals surface area contributed by atoms with Crippen molar-refractivity contribution >= 4 is 17.9 Å². The van der Waals surface area contributed by atoms with Gasteiger partial charge in [0.1, 0.15) is 13.2 Å². The number of hydrogen-bond donors (Lipinski definition) is 0. The molecule has 0 aromatic heterocycles. The van der Waals surface area contributed by atoms with Crippen LogP contribution < -0.4 is 0 Å². The first-order valence-electron chi connectivity index (χ1n) is 29.8. The Morgan fingerprint density at radius 1 is 0.299 bits per heavy atom. The monoisotopic (exact) mass is 943 g/mol. The van der Waals surface area contributed by atoms with E-state index in [1.54, 1.807) is 0 Å². The molecule has 0 aromatic carbocycles. The highest BCUT2D eigenvalue weighted by Crippen LogP contribution is 2.17. The summed E-state index contributed by atoms with van der Waals surface area (Å²) < 4.78 is 16.8. The molecule has 0 spiro atoms. The van der Waals surface area contributed by atoms with Gasteiger partial charge in [0.05, 0.1) is 0 Å². The third-order valence-corrected chi connectivity index (χ3v) is 13.5. The van der Waals surface area contributed by atoms with Crippen LogP contribution in [-0.2, 0) is 28.6 Å². The summed E-state index contributed by atoms with van der Waals surface area (Å²) in [6.07, 6.45) is 66.2. The smallest absolute Gasteiger partial charge is 0.306 e. The van der Waals surface area contributed by atoms with E-state index in [2.05, 4.69) is 39.0 Å². The van der Waals surface area contributed by atoms with Crippen molar-refractivity contribution in [3.63, 3.8) is 0 Å². The molecular formula is C61H114O6. The molecule has 0 amide bonds. The van der Waals surface area contributed by atoms with E-state index in [9.17, 15) is 14.4 Å². The van der Waals surface area contributed by atoms with Gasteiger partial charge in [-0.05, 0) is 38.5 Å². The Hall–Kier alpha value is -2.11. The zero-order valence-electron chi connectivity index (χ0n) is 45.2. The van der Waals surface area contributed by atoms with Crippen LogP contribution in [0.5, 0.6) is 0 Å². The zero-order chi connectivity index (χ0) is 48.6. The van der Waals surface area contributed by atoms with Gasteiger partial charge in [0.15, 0.2) is 6.10 Å². The van der Waals surface area contributed by atoms with Gasteiger partial charge in [0.25, 0.3) is 0 Å². The van der Waals surface area contributed by atoms with Crippen LogP contribution in [0.25, 0.3) is 0 Å². The van der Waals surface area contributed by atoms with Crippen LogP contribution in [0.1, 0.15) is 329 Å². The Kier molecular flexibility index (Phi) is 54.7. The summed E-state index contributed by atoms with van der Waals surface area (Å²) in [5.41, 5.74) is 0. The van der Waals surface area contributed by atoms with E-state index >= 15 is 0 Å². The summed E-state index contributed by atoms with van der Waals surface area (Å²) >= 11 is 0. The summed E-state index contributed by atoms with van der Waals surface area (Å²) in [5, 5.41) is 0. The largest absolute Gasteiger partial charge is 0.462 e. The van der Waals surface area contributed by atoms with E-state index in [1.165, 1.54) is 231 Å². The quantitative estimate of drug-likeness (QED) is 0.0262. The van der Waals surface area contributed by atoms with Gasteiger partial charge in [-0.2, -0.15) is 0 Å². The molecule has 6 nitrogen and oxygen atoms in total. The zero-order valence-corrected chi connectivity index (χ0v) is 45.2. The normalized spacial score (nSPS) is 12.1. The van der Waals surface area contributed by atoms with Gasteiger partial charge < -0.3 is 14.2 Å². The predicted molar refractivity (Wildman–Crippen MR) is 289 cm³/mol. The second-order valence-corrected chi connectivity index (χ2v) is 20.3. The van der Waals surface area contributed by atoms with Gasteiger partial charge >= 0.3 is 17.9 Å². The van der Waals surface area contributed by atoms with Crippen molar-refractivity contribution in [2.24, 2.45) is 0 Å². The molecule has 394 valence electrons. The average Bonchev–Trinajstić information content (AvgIpc) is 3.33. The molecule has 0 aliphatic heterocycles. The van der Waals surface area contributed by atoms with Crippen molar-refractivity contribution in [2.45, 2.75) is 335 Å². The Balaban J connectivity index is 4.33. The van der Waals surface area contributed by atoms with Crippen molar-refractivity contribution in [1.82, 2.24) is 0 Å². The lowest BCUT2D eigenvalue weighted by molar-refractivity contribution is -0.166. The van der Waals surface area contributed by atoms with Crippen LogP contribution in [0, 0.1) is 0 Å². The second kappa shape index (κ2) is 56.5. The maximum absolute atomic E-state index is 12.9. The fourth-order valence-electron chi connectivity index (χ4n) is 8.97. The summed E-state index contributed by atoms with van der Waals surface area (Å²) in [6, 6.07) is 0. The third kappa shape index (κ3) is 54.7. The Morgan fingerprint density at radius 2 is 0.567 bits per heavy atom. The van der Waals surface area contributed by atoms with Crippen LogP contribution in [0.4, 0.5) is 0 Å². The van der Waals surface area contributed by atoms with Crippen molar-refractivity contribution in [3.8, 4) is 0 Å². The van der Waals surface area contributed by atoms with Gasteiger partial charge in [0, 0.05) is 19.3 Å². The fourth-order valence-corrected chi connectivity index (χ4v) is 8.97. The molecule has 6 heteroatoms. The molecule has 0 aliphatic carbocycles. The molecule has 0 rings (SSSR count). The fraction of sp³-hybridized carbons (Fsp3) is 0.885. The molecular weight excluding hydrogens is 829 g/mol. The molecule has 0 fully saturated rings. The standard InChI is InChI=1S/C61H114O6/c1-4-7-10-13-16-19-22-25-27-29-30-32-33-36-39-42-45-48-51-54-60(63)66-57-58(56-65-59(62)53-50-47-44-41-38-35-24-21-18-15-12-9-6-3)67-61(64)55-52-49-46-43-40-37-34-31-28-26-23-20-17-14-11-8-5-2/h35,38,44,47,58H,4-34,36-37,39-43,45-46,48-57H2,1-3H3/b38-35+,47-44+. The minimum atomic E-state index is -0.788. The molecule has 0 aromatic rings. The van der Waals surface area contributed by atoms with Gasteiger partial charge in [-0.15, -0.1) is 0 Å². The first-order valence-corrected chi connectivity index (χ1v) is 29.8. The molecule has 0 N–H and O–H groups in total. The van der Waals surface area contributed by atoms with E-state index in [4.69, 9.17) is 14.2 Å². The van der Waals surface area contributed by atoms with Crippen LogP contribution in [0.15, 0.2) is 24.3 Å². The van der Waals surface area contributed by atoms with E-state index in [0.29, 0.717) is 19.3 Å². The highest BCUT2D eigenvalue weighted by Gasteiger charge is 2.19. The predicted octanol–water partition coefficient (Wildman–Crippen LogP) is 19.9. The first-order chi connectivity index (χ1) is 33.0.